The van der Waals surface area contributed by atoms with E-state index in [2.05, 4.69) is 4.37 Å². The van der Waals surface area contributed by atoms with Gasteiger partial charge >= 0.3 is 0 Å². The first-order valence-electron chi connectivity index (χ1n) is 4.96. The third-order valence-corrected chi connectivity index (χ3v) is 3.53. The summed E-state index contributed by atoms with van der Waals surface area (Å²) >= 11 is 1.01. The van der Waals surface area contributed by atoms with Crippen molar-refractivity contribution < 1.29 is 14.3 Å². The van der Waals surface area contributed by atoms with Crippen molar-refractivity contribution in [3.63, 3.8) is 0 Å². The second kappa shape index (κ2) is 3.49. The average Bonchev–Trinajstić information content (AvgIpc) is 2.80. The normalized spacial score (nSPS) is 13.2. The second-order valence-corrected chi connectivity index (χ2v) is 4.37. The molecule has 2 aromatic rings. The molecule has 4 nitrogen and oxygen atoms in total. The van der Waals surface area contributed by atoms with Crippen molar-refractivity contribution in [1.82, 2.24) is 4.37 Å². The summed E-state index contributed by atoms with van der Waals surface area (Å²) < 4.78 is 8.99. The van der Waals surface area contributed by atoms with Crippen LogP contribution < -0.4 is 4.74 Å². The molecule has 0 saturated heterocycles. The molecule has 1 aliphatic rings. The van der Waals surface area contributed by atoms with Gasteiger partial charge in [0.25, 0.3) is 0 Å². The van der Waals surface area contributed by atoms with Gasteiger partial charge in [-0.3, -0.25) is 9.59 Å². The average molecular weight is 245 g/mol. The third kappa shape index (κ3) is 1.26. The van der Waals surface area contributed by atoms with Gasteiger partial charge < -0.3 is 4.74 Å². The number of methoxy groups -OCH3 is 1. The van der Waals surface area contributed by atoms with Gasteiger partial charge in [0.15, 0.2) is 0 Å². The Morgan fingerprint density at radius 3 is 2.41 bits per heavy atom. The van der Waals surface area contributed by atoms with Gasteiger partial charge in [-0.15, -0.1) is 0 Å². The zero-order chi connectivity index (χ0) is 12.0. The Balaban J connectivity index is 2.31. The van der Waals surface area contributed by atoms with E-state index >= 15 is 0 Å². The molecule has 1 aromatic carbocycles. The van der Waals surface area contributed by atoms with E-state index in [0.717, 1.165) is 11.5 Å². The molecule has 0 aliphatic heterocycles. The highest BCUT2D eigenvalue weighted by atomic mass is 32.1. The maximum Gasteiger partial charge on any atom is 0.237 e. The van der Waals surface area contributed by atoms with Crippen molar-refractivity contribution in [3.8, 4) is 5.88 Å². The van der Waals surface area contributed by atoms with Crippen LogP contribution in [-0.4, -0.2) is 23.0 Å². The number of fused-ring (bicyclic) bond motifs is 2. The summed E-state index contributed by atoms with van der Waals surface area (Å²) in [4.78, 5) is 24.7. The van der Waals surface area contributed by atoms with Gasteiger partial charge in [0.05, 0.1) is 7.11 Å². The van der Waals surface area contributed by atoms with Crippen molar-refractivity contribution in [2.45, 2.75) is 0 Å². The third-order valence-electron chi connectivity index (χ3n) is 2.70. The molecular formula is C12H7NO3S. The van der Waals surface area contributed by atoms with Gasteiger partial charge in [-0.2, -0.15) is 4.37 Å². The molecule has 0 unspecified atom stereocenters. The Morgan fingerprint density at radius 1 is 1.12 bits per heavy atom. The van der Waals surface area contributed by atoms with Crippen molar-refractivity contribution in [3.05, 3.63) is 45.8 Å². The molecule has 0 fully saturated rings. The lowest BCUT2D eigenvalue weighted by Crippen LogP contribution is -2.19. The molecule has 1 heterocycles. The van der Waals surface area contributed by atoms with E-state index in [1.54, 1.807) is 24.3 Å². The summed E-state index contributed by atoms with van der Waals surface area (Å²) in [7, 11) is 1.44. The minimum absolute atomic E-state index is 0.156. The van der Waals surface area contributed by atoms with Crippen molar-refractivity contribution in [2.75, 3.05) is 7.11 Å². The number of ether oxygens (including phenoxy) is 1. The summed E-state index contributed by atoms with van der Waals surface area (Å²) in [5.41, 5.74) is 1.15. The standard InChI is InChI=1S/C12H7NO3S/c1-16-12-8-9(14)6-4-2-3-5-7(6)10(15)11(8)17-13-12/h2-5H,1H3. The fourth-order valence-corrected chi connectivity index (χ4v) is 2.71. The largest absolute Gasteiger partial charge is 0.480 e. The summed E-state index contributed by atoms with van der Waals surface area (Å²) in [6, 6.07) is 6.79. The first kappa shape index (κ1) is 10.2. The van der Waals surface area contributed by atoms with E-state index in [1.165, 1.54) is 7.11 Å². The predicted molar refractivity (Wildman–Crippen MR) is 62.0 cm³/mol. The monoisotopic (exact) mass is 245 g/mol. The maximum absolute atomic E-state index is 12.2. The Kier molecular flexibility index (Phi) is 2.09. The molecule has 1 aliphatic carbocycles. The smallest absolute Gasteiger partial charge is 0.237 e. The van der Waals surface area contributed by atoms with E-state index in [4.69, 9.17) is 4.74 Å². The van der Waals surface area contributed by atoms with Gasteiger partial charge in [0.1, 0.15) is 10.4 Å². The van der Waals surface area contributed by atoms with E-state index in [1.807, 2.05) is 0 Å². The topological polar surface area (TPSA) is 56.3 Å². The predicted octanol–water partition coefficient (Wildman–Crippen LogP) is 1.93. The van der Waals surface area contributed by atoms with Gasteiger partial charge in [-0.1, -0.05) is 24.3 Å². The van der Waals surface area contributed by atoms with Crippen molar-refractivity contribution in [2.24, 2.45) is 0 Å². The molecule has 0 radical (unpaired) electrons. The highest BCUT2D eigenvalue weighted by Gasteiger charge is 2.34. The molecule has 3 rings (SSSR count). The summed E-state index contributed by atoms with van der Waals surface area (Å²) in [6.45, 7) is 0. The molecule has 0 spiro atoms. The van der Waals surface area contributed by atoms with Gasteiger partial charge in [-0.25, -0.2) is 0 Å². The van der Waals surface area contributed by atoms with Crippen molar-refractivity contribution >= 4 is 23.1 Å². The zero-order valence-corrected chi connectivity index (χ0v) is 9.71. The van der Waals surface area contributed by atoms with E-state index in [-0.39, 0.29) is 17.4 Å². The molecule has 0 bridgehead atoms. The molecule has 0 N–H and O–H groups in total. The Hall–Kier alpha value is -2.01. The van der Waals surface area contributed by atoms with Crippen LogP contribution in [0, 0.1) is 0 Å². The van der Waals surface area contributed by atoms with Gasteiger partial charge in [-0.05, 0) is 11.5 Å². The molecule has 0 atom stereocenters. The summed E-state index contributed by atoms with van der Waals surface area (Å²) in [5.74, 6) is -0.116. The number of aromatic nitrogens is 1. The fraction of sp³-hybridized carbons (Fsp3) is 0.0833. The number of hydrogen-bond donors (Lipinski definition) is 0. The lowest BCUT2D eigenvalue weighted by molar-refractivity contribution is 0.0980. The number of rotatable bonds is 1. The molecule has 1 aromatic heterocycles. The zero-order valence-electron chi connectivity index (χ0n) is 8.89. The SMILES string of the molecule is COc1nsc2c1C(=O)c1ccccc1C2=O. The molecule has 0 saturated carbocycles. The Morgan fingerprint density at radius 2 is 1.76 bits per heavy atom. The van der Waals surface area contributed by atoms with Crippen LogP contribution in [-0.2, 0) is 0 Å². The van der Waals surface area contributed by atoms with Crippen LogP contribution in [0.5, 0.6) is 5.88 Å². The van der Waals surface area contributed by atoms with Crippen LogP contribution in [0.3, 0.4) is 0 Å². The quantitative estimate of drug-likeness (QED) is 0.657. The molecule has 84 valence electrons. The highest BCUT2D eigenvalue weighted by Crippen LogP contribution is 2.35. The number of benzene rings is 1. The first-order valence-corrected chi connectivity index (χ1v) is 5.73. The van der Waals surface area contributed by atoms with Crippen molar-refractivity contribution in [1.29, 1.82) is 0 Å². The Bertz CT molecular complexity index is 645. The minimum Gasteiger partial charge on any atom is -0.480 e. The summed E-state index contributed by atoms with van der Waals surface area (Å²) in [6.07, 6.45) is 0. The van der Waals surface area contributed by atoms with E-state index in [0.29, 0.717) is 21.6 Å². The number of carbonyl (C=O) groups is 2. The van der Waals surface area contributed by atoms with Crippen LogP contribution >= 0.6 is 11.5 Å². The first-order chi connectivity index (χ1) is 8.24. The van der Waals surface area contributed by atoms with Crippen LogP contribution in [0.15, 0.2) is 24.3 Å². The number of ketones is 2. The van der Waals surface area contributed by atoms with Gasteiger partial charge in [0, 0.05) is 11.1 Å². The highest BCUT2D eigenvalue weighted by molar-refractivity contribution is 7.09. The minimum atomic E-state index is -0.194. The van der Waals surface area contributed by atoms with E-state index in [9.17, 15) is 9.59 Å². The molecular weight excluding hydrogens is 238 g/mol. The summed E-state index contributed by atoms with van der Waals surface area (Å²) in [5, 5.41) is 0. The number of nitrogens with zero attached hydrogens (tertiary/aromatic N) is 1. The second-order valence-electron chi connectivity index (χ2n) is 3.60. The lowest BCUT2D eigenvalue weighted by atomic mass is 9.89. The maximum atomic E-state index is 12.2. The number of hydrogen-bond acceptors (Lipinski definition) is 5. The van der Waals surface area contributed by atoms with Crippen LogP contribution in [0.25, 0.3) is 0 Å². The fourth-order valence-electron chi connectivity index (χ4n) is 1.91. The lowest BCUT2D eigenvalue weighted by Gasteiger charge is -2.13. The molecule has 5 heteroatoms. The number of carbonyl (C=O) groups excluding carboxylic acids is 2. The molecule has 0 amide bonds. The molecule has 17 heavy (non-hydrogen) atoms. The van der Waals surface area contributed by atoms with Gasteiger partial charge in [0.2, 0.25) is 17.4 Å². The van der Waals surface area contributed by atoms with Crippen LogP contribution in [0.4, 0.5) is 0 Å². The van der Waals surface area contributed by atoms with E-state index < -0.39 is 0 Å². The van der Waals surface area contributed by atoms with Crippen LogP contribution in [0.1, 0.15) is 31.2 Å². The Labute approximate surface area is 101 Å². The van der Waals surface area contributed by atoms with Crippen LogP contribution in [0.2, 0.25) is 0 Å².